The van der Waals surface area contributed by atoms with Gasteiger partial charge in [-0.2, -0.15) is 8.61 Å². The summed E-state index contributed by atoms with van der Waals surface area (Å²) in [5.74, 6) is 0. The molecule has 1 fully saturated rings. The predicted molar refractivity (Wildman–Crippen MR) is 123 cm³/mol. The maximum absolute atomic E-state index is 13.4. The van der Waals surface area contributed by atoms with Gasteiger partial charge in [-0.3, -0.25) is 0 Å². The smallest absolute Gasteiger partial charge is 0.207 e. The van der Waals surface area contributed by atoms with Crippen molar-refractivity contribution < 1.29 is 16.8 Å². The first-order valence-electron chi connectivity index (χ1n) is 10.8. The van der Waals surface area contributed by atoms with Crippen LogP contribution in [0.3, 0.4) is 0 Å². The molecule has 1 aliphatic heterocycles. The summed E-state index contributed by atoms with van der Waals surface area (Å²) in [5, 5.41) is 0. The normalized spacial score (nSPS) is 18.9. The average Bonchev–Trinajstić information content (AvgIpc) is 2.74. The number of hydrogen-bond donors (Lipinski definition) is 0. The van der Waals surface area contributed by atoms with E-state index in [1.54, 1.807) is 48.5 Å². The molecule has 3 rings (SSSR count). The number of unbranched alkanes of at least 4 members (excludes halogenated alkanes) is 2. The molecule has 6 nitrogen and oxygen atoms in total. The van der Waals surface area contributed by atoms with Gasteiger partial charge < -0.3 is 0 Å². The van der Waals surface area contributed by atoms with Crippen molar-refractivity contribution in [2.24, 2.45) is 0 Å². The number of hydrogen-bond acceptors (Lipinski definition) is 4. The van der Waals surface area contributed by atoms with E-state index in [1.807, 2.05) is 13.8 Å². The molecule has 0 bridgehead atoms. The second kappa shape index (κ2) is 9.81. The third-order valence-corrected chi connectivity index (χ3v) is 9.66. The van der Waals surface area contributed by atoms with Crippen LogP contribution in [0.2, 0.25) is 0 Å². The number of rotatable bonds is 8. The molecule has 1 saturated heterocycles. The Morgan fingerprint density at radius 2 is 1.29 bits per heavy atom. The van der Waals surface area contributed by atoms with E-state index in [4.69, 9.17) is 0 Å². The van der Waals surface area contributed by atoms with Crippen molar-refractivity contribution in [3.8, 4) is 0 Å². The molecule has 170 valence electrons. The molecule has 8 heteroatoms. The van der Waals surface area contributed by atoms with Crippen LogP contribution in [0, 0.1) is 13.8 Å². The molecule has 1 unspecified atom stereocenters. The Bertz CT molecular complexity index is 1080. The monoisotopic (exact) mass is 464 g/mol. The van der Waals surface area contributed by atoms with Gasteiger partial charge in [0.2, 0.25) is 20.0 Å². The fourth-order valence-corrected chi connectivity index (χ4v) is 7.02. The van der Waals surface area contributed by atoms with E-state index < -0.39 is 20.0 Å². The van der Waals surface area contributed by atoms with Gasteiger partial charge in [0.1, 0.15) is 0 Å². The number of nitrogens with zero attached hydrogens (tertiary/aromatic N) is 2. The number of sulfonamides is 2. The molecule has 31 heavy (non-hydrogen) atoms. The van der Waals surface area contributed by atoms with Crippen LogP contribution in [-0.4, -0.2) is 51.1 Å². The molecular weight excluding hydrogens is 432 g/mol. The third-order valence-electron chi connectivity index (χ3n) is 5.82. The standard InChI is InChI=1S/C23H32N2O4S2/c1-4-5-6-7-21-18-24(30(26,27)22-12-8-19(2)9-13-22)16-17-25(21)31(28,29)23-14-10-20(3)11-15-23/h8-15,21H,4-7,16-18H2,1-3H3. The maximum Gasteiger partial charge on any atom is 0.243 e. The molecule has 0 radical (unpaired) electrons. The van der Waals surface area contributed by atoms with Crippen LogP contribution in [0.5, 0.6) is 0 Å². The summed E-state index contributed by atoms with van der Waals surface area (Å²) in [6.07, 6.45) is 3.50. The van der Waals surface area contributed by atoms with E-state index in [-0.39, 0.29) is 35.5 Å². The lowest BCUT2D eigenvalue weighted by molar-refractivity contribution is 0.189. The first kappa shape index (κ1) is 23.9. The quantitative estimate of drug-likeness (QED) is 0.555. The van der Waals surface area contributed by atoms with Crippen LogP contribution in [0.15, 0.2) is 58.3 Å². The molecule has 2 aromatic rings. The molecule has 0 amide bonds. The molecule has 2 aromatic carbocycles. The lowest BCUT2D eigenvalue weighted by Gasteiger charge is -2.40. The summed E-state index contributed by atoms with van der Waals surface area (Å²) in [5.41, 5.74) is 1.98. The van der Waals surface area contributed by atoms with Gasteiger partial charge in [0.05, 0.1) is 9.79 Å². The van der Waals surface area contributed by atoms with E-state index >= 15 is 0 Å². The lowest BCUT2D eigenvalue weighted by Crippen LogP contribution is -2.56. The van der Waals surface area contributed by atoms with Gasteiger partial charge in [-0.1, -0.05) is 61.6 Å². The van der Waals surface area contributed by atoms with Crippen molar-refractivity contribution in [2.75, 3.05) is 19.6 Å². The SMILES string of the molecule is CCCCCC1CN(S(=O)(=O)c2ccc(C)cc2)CCN1S(=O)(=O)c1ccc(C)cc1. The molecule has 1 heterocycles. The molecular formula is C23H32N2O4S2. The first-order chi connectivity index (χ1) is 14.7. The zero-order valence-corrected chi connectivity index (χ0v) is 20.1. The fraction of sp³-hybridized carbons (Fsp3) is 0.478. The highest BCUT2D eigenvalue weighted by atomic mass is 32.2. The number of benzene rings is 2. The predicted octanol–water partition coefficient (Wildman–Crippen LogP) is 3.95. The van der Waals surface area contributed by atoms with Crippen LogP contribution < -0.4 is 0 Å². The minimum absolute atomic E-state index is 0.144. The summed E-state index contributed by atoms with van der Waals surface area (Å²) in [6.45, 7) is 6.39. The Morgan fingerprint density at radius 3 is 1.81 bits per heavy atom. The maximum atomic E-state index is 13.4. The van der Waals surface area contributed by atoms with Gasteiger partial charge in [-0.25, -0.2) is 16.8 Å². The second-order valence-corrected chi connectivity index (χ2v) is 12.1. The van der Waals surface area contributed by atoms with Gasteiger partial charge in [0.25, 0.3) is 0 Å². The van der Waals surface area contributed by atoms with E-state index in [0.29, 0.717) is 6.42 Å². The highest BCUT2D eigenvalue weighted by Gasteiger charge is 2.39. The van der Waals surface area contributed by atoms with E-state index in [0.717, 1.165) is 30.4 Å². The average molecular weight is 465 g/mol. The molecule has 0 saturated carbocycles. The zero-order valence-electron chi connectivity index (χ0n) is 18.5. The largest absolute Gasteiger partial charge is 0.243 e. The number of aryl methyl sites for hydroxylation is 2. The minimum Gasteiger partial charge on any atom is -0.207 e. The molecule has 0 aliphatic carbocycles. The van der Waals surface area contributed by atoms with Gasteiger partial charge in [0, 0.05) is 25.7 Å². The minimum atomic E-state index is -3.69. The Labute approximate surface area is 187 Å². The van der Waals surface area contributed by atoms with Crippen molar-refractivity contribution in [3.63, 3.8) is 0 Å². The van der Waals surface area contributed by atoms with Gasteiger partial charge >= 0.3 is 0 Å². The second-order valence-electron chi connectivity index (χ2n) is 8.25. The molecule has 0 N–H and O–H groups in total. The molecule has 0 aromatic heterocycles. The lowest BCUT2D eigenvalue weighted by atomic mass is 10.1. The summed E-state index contributed by atoms with van der Waals surface area (Å²) in [7, 11) is -7.36. The van der Waals surface area contributed by atoms with Crippen LogP contribution >= 0.6 is 0 Å². The Hall–Kier alpha value is -1.74. The summed E-state index contributed by atoms with van der Waals surface area (Å²) in [4.78, 5) is 0.508. The summed E-state index contributed by atoms with van der Waals surface area (Å²) < 4.78 is 56.1. The summed E-state index contributed by atoms with van der Waals surface area (Å²) in [6, 6.07) is 13.2. The topological polar surface area (TPSA) is 74.8 Å². The van der Waals surface area contributed by atoms with Crippen LogP contribution in [0.1, 0.15) is 43.7 Å². The van der Waals surface area contributed by atoms with Crippen molar-refractivity contribution in [2.45, 2.75) is 62.3 Å². The van der Waals surface area contributed by atoms with Crippen molar-refractivity contribution in [3.05, 3.63) is 59.7 Å². The Balaban J connectivity index is 1.88. The van der Waals surface area contributed by atoms with Crippen molar-refractivity contribution in [1.82, 2.24) is 8.61 Å². The van der Waals surface area contributed by atoms with E-state index in [9.17, 15) is 16.8 Å². The first-order valence-corrected chi connectivity index (χ1v) is 13.7. The number of piperazine rings is 1. The van der Waals surface area contributed by atoms with Gasteiger partial charge in [-0.05, 0) is 44.5 Å². The highest BCUT2D eigenvalue weighted by Crippen LogP contribution is 2.28. The molecule has 0 spiro atoms. The van der Waals surface area contributed by atoms with E-state index in [1.165, 1.54) is 8.61 Å². The Morgan fingerprint density at radius 1 is 0.774 bits per heavy atom. The third kappa shape index (κ3) is 5.37. The summed E-state index contributed by atoms with van der Waals surface area (Å²) >= 11 is 0. The van der Waals surface area contributed by atoms with E-state index in [2.05, 4.69) is 6.92 Å². The van der Waals surface area contributed by atoms with Crippen molar-refractivity contribution >= 4 is 20.0 Å². The molecule has 1 atom stereocenters. The van der Waals surface area contributed by atoms with Crippen LogP contribution in [0.25, 0.3) is 0 Å². The van der Waals surface area contributed by atoms with Gasteiger partial charge in [-0.15, -0.1) is 0 Å². The Kier molecular flexibility index (Phi) is 7.57. The van der Waals surface area contributed by atoms with Crippen LogP contribution in [0.4, 0.5) is 0 Å². The zero-order chi connectivity index (χ0) is 22.6. The molecule has 1 aliphatic rings. The highest BCUT2D eigenvalue weighted by molar-refractivity contribution is 7.89. The van der Waals surface area contributed by atoms with Gasteiger partial charge in [0.15, 0.2) is 0 Å². The fourth-order valence-electron chi connectivity index (χ4n) is 3.92. The van der Waals surface area contributed by atoms with Crippen LogP contribution in [-0.2, 0) is 20.0 Å². The van der Waals surface area contributed by atoms with Crippen molar-refractivity contribution in [1.29, 1.82) is 0 Å².